The average Bonchev–Trinajstić information content (AvgIpc) is 3.24. The molecule has 3 atom stereocenters. The van der Waals surface area contributed by atoms with Gasteiger partial charge in [-0.3, -0.25) is 28.7 Å². The number of morpholine rings is 1. The fourth-order valence-electron chi connectivity index (χ4n) is 6.39. The van der Waals surface area contributed by atoms with Crippen LogP contribution in [-0.4, -0.2) is 132 Å². The summed E-state index contributed by atoms with van der Waals surface area (Å²) in [5.74, 6) is -0.101. The van der Waals surface area contributed by atoms with E-state index in [9.17, 15) is 18.9 Å². The Bertz CT molecular complexity index is 1010. The largest absolute Gasteiger partial charge is 0.370 e. The number of hydrogen-bond donors (Lipinski definition) is 0. The second-order valence-electron chi connectivity index (χ2n) is 13.3. The molecule has 0 radical (unpaired) electrons. The first kappa shape index (κ1) is 32.3. The molecule has 232 valence electrons. The average molecular weight is 596 g/mol. The van der Waals surface area contributed by atoms with E-state index in [1.54, 1.807) is 4.67 Å². The van der Waals surface area contributed by atoms with Gasteiger partial charge >= 0.3 is 0 Å². The first-order valence-corrected chi connectivity index (χ1v) is 16.9. The van der Waals surface area contributed by atoms with E-state index in [0.29, 0.717) is 39.3 Å². The van der Waals surface area contributed by atoms with Gasteiger partial charge in [0.2, 0.25) is 13.4 Å². The van der Waals surface area contributed by atoms with Crippen molar-refractivity contribution in [1.82, 2.24) is 24.0 Å². The van der Waals surface area contributed by atoms with E-state index in [1.807, 2.05) is 23.7 Å². The number of imide groups is 1. The summed E-state index contributed by atoms with van der Waals surface area (Å²) in [6.45, 7) is 13.4. The van der Waals surface area contributed by atoms with Crippen molar-refractivity contribution < 1.29 is 28.4 Å². The van der Waals surface area contributed by atoms with Crippen LogP contribution in [0.15, 0.2) is 12.2 Å². The number of nitrogens with zero attached hydrogens (tertiary/aromatic N) is 5. The molecule has 2 saturated heterocycles. The third kappa shape index (κ3) is 7.86. The summed E-state index contributed by atoms with van der Waals surface area (Å²) in [5.41, 5.74) is 0.0534. The van der Waals surface area contributed by atoms with E-state index in [1.165, 1.54) is 17.1 Å². The third-order valence-corrected chi connectivity index (χ3v) is 12.1. The molecular weight excluding hydrogens is 545 g/mol. The number of rotatable bonds is 9. The summed E-state index contributed by atoms with van der Waals surface area (Å²) in [4.78, 5) is 42.7. The van der Waals surface area contributed by atoms with E-state index in [-0.39, 0.29) is 53.7 Å². The van der Waals surface area contributed by atoms with Crippen molar-refractivity contribution in [2.45, 2.75) is 71.1 Å². The molecule has 3 unspecified atom stereocenters. The van der Waals surface area contributed by atoms with E-state index >= 15 is 0 Å². The lowest BCUT2D eigenvalue weighted by molar-refractivity contribution is -0.140. The number of amides is 3. The molecule has 4 rings (SSSR count). The van der Waals surface area contributed by atoms with Crippen molar-refractivity contribution in [3.63, 3.8) is 0 Å². The highest BCUT2D eigenvalue weighted by Gasteiger charge is 2.39. The summed E-state index contributed by atoms with van der Waals surface area (Å²) in [7, 11) is 0.720. The summed E-state index contributed by atoms with van der Waals surface area (Å²) in [6.07, 6.45) is 6.03. The first-order chi connectivity index (χ1) is 19.3. The maximum atomic E-state index is 14.1. The van der Waals surface area contributed by atoms with Gasteiger partial charge in [0.15, 0.2) is 0 Å². The molecule has 0 N–H and O–H groups in total. The molecule has 1 saturated carbocycles. The molecule has 0 spiro atoms. The molecule has 0 aromatic carbocycles. The fraction of sp³-hybridized carbons (Fsp3) is 0.828. The van der Waals surface area contributed by atoms with Gasteiger partial charge in [-0.25, -0.2) is 9.34 Å². The Balaban J connectivity index is 1.22. The predicted molar refractivity (Wildman–Crippen MR) is 157 cm³/mol. The molecule has 0 aromatic heterocycles. The Morgan fingerprint density at radius 3 is 2.20 bits per heavy atom. The second-order valence-corrected chi connectivity index (χ2v) is 16.2. The quantitative estimate of drug-likeness (QED) is 0.294. The zero-order valence-corrected chi connectivity index (χ0v) is 26.7. The van der Waals surface area contributed by atoms with E-state index in [2.05, 4.69) is 32.6 Å². The Kier molecular flexibility index (Phi) is 10.5. The molecule has 4 aliphatic rings. The maximum absolute atomic E-state index is 14.1. The van der Waals surface area contributed by atoms with Crippen LogP contribution in [0.3, 0.4) is 0 Å². The highest BCUT2D eigenvalue weighted by atomic mass is 31.2. The molecule has 11 nitrogen and oxygen atoms in total. The maximum Gasteiger partial charge on any atom is 0.253 e. The molecule has 3 aliphatic heterocycles. The number of piperazine rings is 1. The molecule has 0 aromatic rings. The number of ether oxygens (including phenoxy) is 2. The van der Waals surface area contributed by atoms with Crippen molar-refractivity contribution in [1.29, 1.82) is 0 Å². The normalized spacial score (nSPS) is 30.3. The number of carbonyl (C=O) groups excluding carboxylic acids is 3. The van der Waals surface area contributed by atoms with Crippen LogP contribution in [-0.2, 0) is 28.4 Å². The second kappa shape index (κ2) is 13.3. The van der Waals surface area contributed by atoms with Crippen molar-refractivity contribution >= 4 is 25.2 Å². The van der Waals surface area contributed by atoms with Crippen LogP contribution in [0, 0.1) is 11.8 Å². The van der Waals surface area contributed by atoms with Crippen molar-refractivity contribution in [3.05, 3.63) is 12.2 Å². The monoisotopic (exact) mass is 595 g/mol. The van der Waals surface area contributed by atoms with Gasteiger partial charge in [-0.2, -0.15) is 0 Å². The fourth-order valence-corrected chi connectivity index (χ4v) is 8.43. The highest BCUT2D eigenvalue weighted by Crippen LogP contribution is 2.51. The molecule has 41 heavy (non-hydrogen) atoms. The van der Waals surface area contributed by atoms with Gasteiger partial charge in [0.05, 0.1) is 18.8 Å². The predicted octanol–water partition coefficient (Wildman–Crippen LogP) is 2.48. The number of carbonyl (C=O) groups is 3. The Hall–Kier alpha value is -1.62. The topological polar surface area (TPSA) is 103 Å². The van der Waals surface area contributed by atoms with Crippen LogP contribution < -0.4 is 0 Å². The summed E-state index contributed by atoms with van der Waals surface area (Å²) >= 11 is 0. The van der Waals surface area contributed by atoms with E-state index in [0.717, 1.165) is 38.8 Å². The van der Waals surface area contributed by atoms with E-state index < -0.39 is 7.44 Å². The van der Waals surface area contributed by atoms with E-state index in [4.69, 9.17) is 9.47 Å². The van der Waals surface area contributed by atoms with Crippen LogP contribution in [0.1, 0.15) is 53.4 Å². The summed E-state index contributed by atoms with van der Waals surface area (Å²) < 4.78 is 30.1. The molecule has 3 amide bonds. The van der Waals surface area contributed by atoms with Crippen molar-refractivity contribution in [2.24, 2.45) is 11.8 Å². The highest BCUT2D eigenvalue weighted by molar-refractivity contribution is 7.58. The van der Waals surface area contributed by atoms with Gasteiger partial charge in [-0.1, -0.05) is 0 Å². The standard InChI is InChI=1S/C29H50N5O6P/c1-22-17-32(29(2,3)4)19-25(40-22)20-39-21-41(38,30(5)6)33-15-13-31(14-16-33)28(37)24-9-7-23(8-10-24)18-34-26(35)11-12-27(34)36/h11-12,22-25H,7-10,13-21H2,1-6H3. The van der Waals surface area contributed by atoms with Gasteiger partial charge in [0.25, 0.3) is 11.8 Å². The van der Waals surface area contributed by atoms with Crippen molar-refractivity contribution in [3.8, 4) is 0 Å². The third-order valence-electron chi connectivity index (χ3n) is 9.01. The minimum Gasteiger partial charge on any atom is -0.370 e. The molecule has 3 fully saturated rings. The Labute approximate surface area is 245 Å². The zero-order chi connectivity index (χ0) is 29.9. The summed E-state index contributed by atoms with van der Waals surface area (Å²) in [5, 5.41) is 0. The molecule has 12 heteroatoms. The molecule has 0 bridgehead atoms. The Morgan fingerprint density at radius 1 is 1.02 bits per heavy atom. The first-order valence-electron chi connectivity index (χ1n) is 15.1. The summed E-state index contributed by atoms with van der Waals surface area (Å²) in [6, 6.07) is 0. The van der Waals surface area contributed by atoms with Crippen LogP contribution in [0.2, 0.25) is 0 Å². The van der Waals surface area contributed by atoms with Crippen LogP contribution in [0.4, 0.5) is 0 Å². The van der Waals surface area contributed by atoms with Crippen LogP contribution in [0.25, 0.3) is 0 Å². The smallest absolute Gasteiger partial charge is 0.253 e. The molecular formula is C29H50N5O6P. The van der Waals surface area contributed by atoms with Crippen LogP contribution >= 0.6 is 7.44 Å². The lowest BCUT2D eigenvalue weighted by Gasteiger charge is -2.44. The lowest BCUT2D eigenvalue weighted by atomic mass is 9.81. The van der Waals surface area contributed by atoms with Crippen molar-refractivity contribution in [2.75, 3.05) is 72.9 Å². The molecule has 1 aliphatic carbocycles. The number of hydrogen-bond acceptors (Lipinski definition) is 7. The van der Waals surface area contributed by atoms with Gasteiger partial charge in [0.1, 0.15) is 6.35 Å². The van der Waals surface area contributed by atoms with Gasteiger partial charge in [0, 0.05) is 69.4 Å². The molecule has 3 heterocycles. The zero-order valence-electron chi connectivity index (χ0n) is 25.8. The van der Waals surface area contributed by atoms with Gasteiger partial charge in [-0.05, 0) is 73.4 Å². The Morgan fingerprint density at radius 2 is 1.63 bits per heavy atom. The lowest BCUT2D eigenvalue weighted by Crippen LogP contribution is -2.55. The SMILES string of the molecule is CC1CN(C(C)(C)C)CC(COCP(=O)(N(C)C)N2CCN(C(=O)C3CCC(CN4C(=O)C=CC4=O)CC3)CC2)O1. The van der Waals surface area contributed by atoms with Gasteiger partial charge < -0.3 is 14.4 Å². The minimum absolute atomic E-state index is 0.0320. The van der Waals surface area contributed by atoms with Gasteiger partial charge in [-0.15, -0.1) is 0 Å². The minimum atomic E-state index is -2.95. The van der Waals surface area contributed by atoms with Crippen LogP contribution in [0.5, 0.6) is 0 Å².